The zero-order valence-corrected chi connectivity index (χ0v) is 31.8. The van der Waals surface area contributed by atoms with Crippen molar-refractivity contribution in [1.29, 1.82) is 0 Å². The van der Waals surface area contributed by atoms with Crippen LogP contribution in [0.1, 0.15) is 33.7 Å². The summed E-state index contributed by atoms with van der Waals surface area (Å²) >= 11 is 0. The lowest BCUT2D eigenvalue weighted by Crippen LogP contribution is -2.20. The lowest BCUT2D eigenvalue weighted by atomic mass is 9.73. The van der Waals surface area contributed by atoms with Gasteiger partial charge in [-0.2, -0.15) is 0 Å². The fourth-order valence-corrected chi connectivity index (χ4v) is 8.03. The maximum Gasteiger partial charge on any atom is 0.0467 e. The molecule has 0 saturated carbocycles. The predicted octanol–water partition coefficient (Wildman–Crippen LogP) is 15.1. The average molecular weight is 734 g/mol. The first-order chi connectivity index (χ1) is 28.2. The van der Waals surface area contributed by atoms with Crippen molar-refractivity contribution in [3.63, 3.8) is 0 Å². The van der Waals surface area contributed by atoms with Crippen LogP contribution in [0.3, 0.4) is 0 Å². The highest BCUT2D eigenvalue weighted by atomic mass is 15.2. The highest BCUT2D eigenvalue weighted by Crippen LogP contribution is 2.46. The zero-order chi connectivity index (χ0) is 38.6. The summed E-state index contributed by atoms with van der Waals surface area (Å²) in [4.78, 5) is 6.98. The topological polar surface area (TPSA) is 9.72 Å². The molecular weight excluding hydrogens is 691 g/mol. The average Bonchev–Trinajstić information content (AvgIpc) is 3.27. The molecular formula is C54H43N3. The molecule has 0 amide bonds. The van der Waals surface area contributed by atoms with Gasteiger partial charge in [-0.1, -0.05) is 122 Å². The van der Waals surface area contributed by atoms with Crippen molar-refractivity contribution in [3.8, 4) is 0 Å². The maximum atomic E-state index is 4.07. The van der Waals surface area contributed by atoms with Gasteiger partial charge in [-0.05, 0) is 143 Å². The molecule has 8 aromatic rings. The Hall–Kier alpha value is -7.36. The van der Waals surface area contributed by atoms with Gasteiger partial charge < -0.3 is 14.7 Å². The molecule has 57 heavy (non-hydrogen) atoms. The lowest BCUT2D eigenvalue weighted by molar-refractivity contribution is 0.708. The Morgan fingerprint density at radius 2 is 0.719 bits per heavy atom. The fourth-order valence-electron chi connectivity index (χ4n) is 8.03. The van der Waals surface area contributed by atoms with Crippen molar-refractivity contribution in [3.05, 3.63) is 247 Å². The molecule has 1 aliphatic rings. The van der Waals surface area contributed by atoms with E-state index in [1.807, 2.05) is 12.2 Å². The van der Waals surface area contributed by atoms with E-state index in [4.69, 9.17) is 0 Å². The molecule has 0 bridgehead atoms. The quantitative estimate of drug-likeness (QED) is 0.124. The molecule has 0 saturated heterocycles. The van der Waals surface area contributed by atoms with Gasteiger partial charge in [0.1, 0.15) is 0 Å². The van der Waals surface area contributed by atoms with E-state index in [-0.39, 0.29) is 0 Å². The SMILES string of the molecule is C=Cc1cccc(N(c2ccccc2)c2ccc(N(c3cccc(C=C)c3)c3cccc(C4Cc5cc(N(c6ccccc6)c6ccccc6)ccc54)c3)cc2)c1. The first kappa shape index (κ1) is 35.3. The van der Waals surface area contributed by atoms with E-state index in [0.29, 0.717) is 5.92 Å². The van der Waals surface area contributed by atoms with Crippen LogP contribution in [-0.4, -0.2) is 0 Å². The number of fused-ring (bicyclic) bond motifs is 1. The van der Waals surface area contributed by atoms with Crippen molar-refractivity contribution in [2.24, 2.45) is 0 Å². The van der Waals surface area contributed by atoms with Crippen LogP contribution in [0.5, 0.6) is 0 Å². The number of benzene rings is 8. The lowest BCUT2D eigenvalue weighted by Gasteiger charge is -2.34. The van der Waals surface area contributed by atoms with Gasteiger partial charge in [-0.3, -0.25) is 0 Å². The van der Waals surface area contributed by atoms with Gasteiger partial charge in [-0.25, -0.2) is 0 Å². The Balaban J connectivity index is 1.06. The normalized spacial score (nSPS) is 12.8. The van der Waals surface area contributed by atoms with E-state index in [1.54, 1.807) is 0 Å². The molecule has 1 atom stereocenters. The van der Waals surface area contributed by atoms with E-state index in [1.165, 1.54) is 22.4 Å². The summed E-state index contributed by atoms with van der Waals surface area (Å²) < 4.78 is 0. The molecule has 3 nitrogen and oxygen atoms in total. The molecule has 0 aliphatic heterocycles. The molecule has 1 unspecified atom stereocenters. The first-order valence-corrected chi connectivity index (χ1v) is 19.5. The van der Waals surface area contributed by atoms with Gasteiger partial charge in [-0.15, -0.1) is 0 Å². The minimum atomic E-state index is 0.324. The Morgan fingerprint density at radius 3 is 1.18 bits per heavy atom. The number of nitrogens with zero attached hydrogens (tertiary/aromatic N) is 3. The number of rotatable bonds is 12. The molecule has 0 aromatic heterocycles. The molecule has 9 rings (SSSR count). The number of para-hydroxylation sites is 3. The van der Waals surface area contributed by atoms with Crippen LogP contribution in [0.15, 0.2) is 219 Å². The minimum absolute atomic E-state index is 0.324. The van der Waals surface area contributed by atoms with E-state index < -0.39 is 0 Å². The third-order valence-corrected chi connectivity index (χ3v) is 10.9. The minimum Gasteiger partial charge on any atom is -0.310 e. The maximum absolute atomic E-state index is 4.07. The third kappa shape index (κ3) is 7.15. The van der Waals surface area contributed by atoms with Crippen LogP contribution < -0.4 is 14.7 Å². The Kier molecular flexibility index (Phi) is 9.79. The Bertz CT molecular complexity index is 2610. The standard InChI is InChI=1S/C54H43N3/c1-3-40-17-14-26-49(35-40)56(46-24-12-7-13-25-46)47-29-31-48(32-30-47)57(50-27-15-18-41(4-2)36-50)51-28-16-19-42(37-51)54-39-43-38-52(33-34-53(43)54)55(44-20-8-5-9-21-44)45-22-10-6-11-23-45/h3-38,54H,1-2,39H2. The second-order valence-electron chi connectivity index (χ2n) is 14.4. The van der Waals surface area contributed by atoms with Crippen LogP contribution in [0.2, 0.25) is 0 Å². The molecule has 0 fully saturated rings. The highest BCUT2D eigenvalue weighted by Gasteiger charge is 2.29. The van der Waals surface area contributed by atoms with Gasteiger partial charge in [0.2, 0.25) is 0 Å². The third-order valence-electron chi connectivity index (χ3n) is 10.9. The number of hydrogen-bond acceptors (Lipinski definition) is 3. The number of hydrogen-bond donors (Lipinski definition) is 0. The van der Waals surface area contributed by atoms with Gasteiger partial charge in [0.15, 0.2) is 0 Å². The van der Waals surface area contributed by atoms with Crippen LogP contribution in [-0.2, 0) is 6.42 Å². The highest BCUT2D eigenvalue weighted by molar-refractivity contribution is 5.83. The molecule has 3 heteroatoms. The van der Waals surface area contributed by atoms with Gasteiger partial charge in [0.05, 0.1) is 0 Å². The van der Waals surface area contributed by atoms with Crippen LogP contribution in [0, 0.1) is 0 Å². The summed E-state index contributed by atoms with van der Waals surface area (Å²) in [6, 6.07) is 73.7. The molecule has 0 spiro atoms. The monoisotopic (exact) mass is 733 g/mol. The van der Waals surface area contributed by atoms with E-state index in [0.717, 1.165) is 63.0 Å². The summed E-state index contributed by atoms with van der Waals surface area (Å²) in [6.07, 6.45) is 4.80. The van der Waals surface area contributed by atoms with Crippen LogP contribution in [0.25, 0.3) is 12.2 Å². The van der Waals surface area contributed by atoms with E-state index >= 15 is 0 Å². The smallest absolute Gasteiger partial charge is 0.0467 e. The molecule has 0 radical (unpaired) electrons. The van der Waals surface area contributed by atoms with Gasteiger partial charge >= 0.3 is 0 Å². The van der Waals surface area contributed by atoms with Crippen LogP contribution >= 0.6 is 0 Å². The van der Waals surface area contributed by atoms with Gasteiger partial charge in [0.25, 0.3) is 0 Å². The molecule has 8 aromatic carbocycles. The van der Waals surface area contributed by atoms with Gasteiger partial charge in [0, 0.05) is 57.1 Å². The van der Waals surface area contributed by atoms with E-state index in [2.05, 4.69) is 234 Å². The van der Waals surface area contributed by atoms with Crippen molar-refractivity contribution >= 4 is 63.3 Å². The second-order valence-corrected chi connectivity index (χ2v) is 14.4. The summed E-state index contributed by atoms with van der Waals surface area (Å²) in [7, 11) is 0. The largest absolute Gasteiger partial charge is 0.310 e. The Morgan fingerprint density at radius 1 is 0.351 bits per heavy atom. The summed E-state index contributed by atoms with van der Waals surface area (Å²) in [6.45, 7) is 8.09. The van der Waals surface area contributed by atoms with Crippen molar-refractivity contribution < 1.29 is 0 Å². The Labute approximate surface area is 336 Å². The van der Waals surface area contributed by atoms with Crippen LogP contribution in [0.4, 0.5) is 51.2 Å². The molecule has 1 aliphatic carbocycles. The summed E-state index contributed by atoms with van der Waals surface area (Å²) in [5, 5.41) is 0. The zero-order valence-electron chi connectivity index (χ0n) is 31.8. The van der Waals surface area contributed by atoms with Crippen molar-refractivity contribution in [2.75, 3.05) is 14.7 Å². The first-order valence-electron chi connectivity index (χ1n) is 19.5. The summed E-state index contributed by atoms with van der Waals surface area (Å²) in [5.41, 5.74) is 16.2. The van der Waals surface area contributed by atoms with Crippen molar-refractivity contribution in [2.45, 2.75) is 12.3 Å². The molecule has 0 heterocycles. The second kappa shape index (κ2) is 15.8. The summed E-state index contributed by atoms with van der Waals surface area (Å²) in [5.74, 6) is 0.324. The number of anilines is 9. The molecule has 274 valence electrons. The predicted molar refractivity (Wildman–Crippen MR) is 243 cm³/mol. The van der Waals surface area contributed by atoms with E-state index in [9.17, 15) is 0 Å². The van der Waals surface area contributed by atoms with Crippen molar-refractivity contribution in [1.82, 2.24) is 0 Å². The fraction of sp³-hybridized carbons (Fsp3) is 0.0370. The molecule has 0 N–H and O–H groups in total.